The third kappa shape index (κ3) is 5.51. The molecule has 1 unspecified atom stereocenters. The van der Waals surface area contributed by atoms with Gasteiger partial charge < -0.3 is 19.9 Å². The Balaban J connectivity index is 1.68. The number of rotatable bonds is 4. The van der Waals surface area contributed by atoms with Gasteiger partial charge in [0.1, 0.15) is 17.4 Å². The van der Waals surface area contributed by atoms with Crippen LogP contribution in [0.25, 0.3) is 5.57 Å². The Morgan fingerprint density at radius 2 is 1.81 bits per heavy atom. The molecule has 0 bridgehead atoms. The first-order valence-electron chi connectivity index (χ1n) is 11.3. The third-order valence-corrected chi connectivity index (χ3v) is 6.36. The van der Waals surface area contributed by atoms with E-state index in [4.69, 9.17) is 0 Å². The number of hydrogen-bond donors (Lipinski definition) is 1. The summed E-state index contributed by atoms with van der Waals surface area (Å²) in [6.45, 7) is 1.44. The molecule has 0 radical (unpaired) electrons. The summed E-state index contributed by atoms with van der Waals surface area (Å²) in [5.74, 6) is -4.05. The third-order valence-electron chi connectivity index (χ3n) is 6.36. The largest absolute Gasteiger partial charge is 0.491 e. The smallest absolute Gasteiger partial charge is 0.420 e. The van der Waals surface area contributed by atoms with Crippen molar-refractivity contribution in [3.63, 3.8) is 0 Å². The first kappa shape index (κ1) is 25.6. The Kier molecular flexibility index (Phi) is 7.30. The van der Waals surface area contributed by atoms with E-state index >= 15 is 0 Å². The number of amides is 2. The van der Waals surface area contributed by atoms with Crippen LogP contribution in [0.15, 0.2) is 48.5 Å². The molecule has 0 aliphatic carbocycles. The normalized spacial score (nSPS) is 18.7. The lowest BCUT2D eigenvalue weighted by molar-refractivity contribution is -0.189. The molecule has 2 aromatic carbocycles. The Morgan fingerprint density at radius 1 is 1.08 bits per heavy atom. The lowest BCUT2D eigenvalue weighted by Crippen LogP contribution is -2.49. The number of alkyl halides is 3. The van der Waals surface area contributed by atoms with E-state index in [0.29, 0.717) is 11.1 Å². The molecule has 0 aromatic heterocycles. The van der Waals surface area contributed by atoms with Gasteiger partial charge in [0.25, 0.3) is 0 Å². The number of halogens is 5. The quantitative estimate of drug-likeness (QED) is 0.370. The Hall–Kier alpha value is -3.47. The van der Waals surface area contributed by atoms with Crippen LogP contribution in [-0.4, -0.2) is 60.7 Å². The van der Waals surface area contributed by atoms with E-state index in [1.165, 1.54) is 23.1 Å². The van der Waals surface area contributed by atoms with E-state index in [2.05, 4.69) is 10.1 Å². The van der Waals surface area contributed by atoms with Gasteiger partial charge in [-0.15, -0.1) is 0 Å². The van der Waals surface area contributed by atoms with E-state index in [9.17, 15) is 31.5 Å². The molecule has 1 N–H and O–H groups in total. The number of carbonyl (C=O) groups is 2. The molecule has 0 saturated carbocycles. The number of benzene rings is 2. The van der Waals surface area contributed by atoms with E-state index in [1.807, 2.05) is 0 Å². The van der Waals surface area contributed by atoms with Crippen LogP contribution in [0.4, 0.5) is 26.7 Å². The molecular weight excluding hydrogens is 485 g/mol. The van der Waals surface area contributed by atoms with Crippen molar-refractivity contribution in [2.75, 3.05) is 26.7 Å². The molecule has 1 fully saturated rings. The van der Waals surface area contributed by atoms with Crippen molar-refractivity contribution < 1.29 is 36.3 Å². The Bertz CT molecular complexity index is 1180. The molecule has 0 spiro atoms. The second-order valence-electron chi connectivity index (χ2n) is 8.72. The molecule has 192 valence electrons. The van der Waals surface area contributed by atoms with E-state index in [1.54, 1.807) is 24.1 Å². The molecule has 1 saturated heterocycles. The second kappa shape index (κ2) is 10.3. The number of carbonyl (C=O) groups excluding carboxylic acids is 2. The second-order valence-corrected chi connectivity index (χ2v) is 8.72. The van der Waals surface area contributed by atoms with Gasteiger partial charge in [0, 0.05) is 25.2 Å². The zero-order chi connectivity index (χ0) is 26.0. The van der Waals surface area contributed by atoms with Crippen LogP contribution < -0.4 is 10.1 Å². The lowest BCUT2D eigenvalue weighted by atomic mass is 10.0. The topological polar surface area (TPSA) is 61.9 Å². The van der Waals surface area contributed by atoms with Crippen molar-refractivity contribution in [3.8, 4) is 5.75 Å². The van der Waals surface area contributed by atoms with Crippen LogP contribution in [0.2, 0.25) is 0 Å². The van der Waals surface area contributed by atoms with Gasteiger partial charge in [0.05, 0.1) is 6.04 Å². The summed E-state index contributed by atoms with van der Waals surface area (Å²) >= 11 is 0. The van der Waals surface area contributed by atoms with Crippen LogP contribution in [0, 0.1) is 11.6 Å². The summed E-state index contributed by atoms with van der Waals surface area (Å²) in [6.07, 6.45) is -2.13. The van der Waals surface area contributed by atoms with Crippen LogP contribution in [0.5, 0.6) is 5.75 Å². The molecule has 36 heavy (non-hydrogen) atoms. The first-order valence-corrected chi connectivity index (χ1v) is 11.3. The van der Waals surface area contributed by atoms with Gasteiger partial charge in [-0.2, -0.15) is 13.2 Å². The Labute approximate surface area is 204 Å². The average Bonchev–Trinajstić information content (AvgIpc) is 3.30. The minimum absolute atomic E-state index is 0.0144. The van der Waals surface area contributed by atoms with Crippen LogP contribution >= 0.6 is 0 Å². The standard InChI is InChI=1S/C25H24F5N3O3/c1-32(18-7-9-31-10-8-18)24(35)33-14-16(20-13-17(26)5-6-21(20)27)12-22(33)15-3-2-4-19(11-15)36-23(34)25(28,29)30/h2-6,11-13,18,22,31H,7-10,14H2,1H3. The van der Waals surface area contributed by atoms with Crippen LogP contribution in [-0.2, 0) is 4.79 Å². The maximum absolute atomic E-state index is 14.6. The van der Waals surface area contributed by atoms with E-state index in [0.717, 1.165) is 44.1 Å². The molecule has 4 rings (SSSR count). The molecule has 2 aromatic rings. The summed E-state index contributed by atoms with van der Waals surface area (Å²) in [6, 6.07) is 7.15. The van der Waals surface area contributed by atoms with Gasteiger partial charge in [-0.05, 0) is 67.4 Å². The molecule has 6 nitrogen and oxygen atoms in total. The van der Waals surface area contributed by atoms with Crippen LogP contribution in [0.3, 0.4) is 0 Å². The van der Waals surface area contributed by atoms with Gasteiger partial charge in [-0.1, -0.05) is 18.2 Å². The van der Waals surface area contributed by atoms with E-state index < -0.39 is 29.8 Å². The fraction of sp³-hybridized carbons (Fsp3) is 0.360. The maximum atomic E-state index is 14.6. The van der Waals surface area contributed by atoms with Crippen LogP contribution in [0.1, 0.15) is 30.0 Å². The monoisotopic (exact) mass is 509 g/mol. The predicted octanol–water partition coefficient (Wildman–Crippen LogP) is 4.68. The highest BCUT2D eigenvalue weighted by Gasteiger charge is 2.41. The van der Waals surface area contributed by atoms with Gasteiger partial charge in [0.15, 0.2) is 0 Å². The average molecular weight is 509 g/mol. The highest BCUT2D eigenvalue weighted by atomic mass is 19.4. The summed E-state index contributed by atoms with van der Waals surface area (Å²) < 4.78 is 70.9. The molecular formula is C25H24F5N3O3. The summed E-state index contributed by atoms with van der Waals surface area (Å²) in [5.41, 5.74) is 0.683. The number of piperidine rings is 1. The fourth-order valence-electron chi connectivity index (χ4n) is 4.48. The SMILES string of the molecule is CN(C(=O)N1CC(c2cc(F)ccc2F)=CC1c1cccc(OC(=O)C(F)(F)F)c1)C1CCNCC1. The summed E-state index contributed by atoms with van der Waals surface area (Å²) in [5, 5.41) is 3.22. The minimum atomic E-state index is -5.18. The van der Waals surface area contributed by atoms with Crippen molar-refractivity contribution in [3.05, 3.63) is 71.3 Å². The number of hydrogen-bond acceptors (Lipinski definition) is 4. The molecule has 2 aliphatic heterocycles. The first-order chi connectivity index (χ1) is 17.0. The van der Waals surface area contributed by atoms with Gasteiger partial charge in [0.2, 0.25) is 0 Å². The fourth-order valence-corrected chi connectivity index (χ4v) is 4.48. The van der Waals surface area contributed by atoms with Crippen molar-refractivity contribution in [1.82, 2.24) is 15.1 Å². The number of esters is 1. The number of nitrogens with zero attached hydrogens (tertiary/aromatic N) is 2. The van der Waals surface area contributed by atoms with Crippen molar-refractivity contribution in [2.24, 2.45) is 0 Å². The highest BCUT2D eigenvalue weighted by Crippen LogP contribution is 2.38. The van der Waals surface area contributed by atoms with Crippen molar-refractivity contribution >= 4 is 17.6 Å². The van der Waals surface area contributed by atoms with Gasteiger partial charge in [-0.25, -0.2) is 18.4 Å². The van der Waals surface area contributed by atoms with Crippen molar-refractivity contribution in [2.45, 2.75) is 31.1 Å². The maximum Gasteiger partial charge on any atom is 0.491 e. The van der Waals surface area contributed by atoms with E-state index in [-0.39, 0.29) is 29.9 Å². The molecule has 2 aliphatic rings. The predicted molar refractivity (Wildman–Crippen MR) is 121 cm³/mol. The number of urea groups is 1. The van der Waals surface area contributed by atoms with Gasteiger partial charge in [-0.3, -0.25) is 0 Å². The molecule has 11 heteroatoms. The zero-order valence-corrected chi connectivity index (χ0v) is 19.3. The molecule has 2 amide bonds. The summed E-state index contributed by atoms with van der Waals surface area (Å²) in [4.78, 5) is 27.9. The summed E-state index contributed by atoms with van der Waals surface area (Å²) in [7, 11) is 1.66. The van der Waals surface area contributed by atoms with Gasteiger partial charge >= 0.3 is 18.2 Å². The molecule has 2 heterocycles. The number of nitrogens with one attached hydrogen (secondary N) is 1. The minimum Gasteiger partial charge on any atom is -0.420 e. The highest BCUT2D eigenvalue weighted by molar-refractivity contribution is 5.82. The Morgan fingerprint density at radius 3 is 2.50 bits per heavy atom. The zero-order valence-electron chi connectivity index (χ0n) is 19.3. The number of ether oxygens (including phenoxy) is 1. The lowest BCUT2D eigenvalue weighted by Gasteiger charge is -2.36. The molecule has 1 atom stereocenters. The van der Waals surface area contributed by atoms with Crippen molar-refractivity contribution in [1.29, 1.82) is 0 Å².